The summed E-state index contributed by atoms with van der Waals surface area (Å²) < 4.78 is 16.2. The van der Waals surface area contributed by atoms with E-state index in [9.17, 15) is 9.18 Å². The number of carbonyl (C=O) groups is 1. The Bertz CT molecular complexity index is 874. The van der Waals surface area contributed by atoms with Gasteiger partial charge in [-0.25, -0.2) is 9.07 Å². The third kappa shape index (κ3) is 4.33. The van der Waals surface area contributed by atoms with Crippen LogP contribution in [0.1, 0.15) is 53.0 Å². The number of hydrogen-bond acceptors (Lipinski definition) is 3. The van der Waals surface area contributed by atoms with Gasteiger partial charge in [0.2, 0.25) is 0 Å². The Morgan fingerprint density at radius 3 is 2.72 bits per heavy atom. The van der Waals surface area contributed by atoms with Crippen molar-refractivity contribution in [1.29, 1.82) is 0 Å². The van der Waals surface area contributed by atoms with Crippen LogP contribution in [0.15, 0.2) is 18.2 Å². The fourth-order valence-corrected chi connectivity index (χ4v) is 4.52. The van der Waals surface area contributed by atoms with Crippen LogP contribution in [0.25, 0.3) is 5.69 Å². The molecule has 0 spiro atoms. The summed E-state index contributed by atoms with van der Waals surface area (Å²) in [6.45, 7) is 4.47. The minimum absolute atomic E-state index is 0. The normalized spacial score (nSPS) is 16.6. The van der Waals surface area contributed by atoms with E-state index in [4.69, 9.17) is 0 Å². The largest absolute Gasteiger partial charge is 0.337 e. The number of halogens is 2. The molecule has 1 N–H and O–H groups in total. The van der Waals surface area contributed by atoms with Crippen LogP contribution in [0.2, 0.25) is 0 Å². The van der Waals surface area contributed by atoms with Gasteiger partial charge in [0.1, 0.15) is 11.5 Å². The number of amides is 1. The Balaban J connectivity index is 0.00000240. The Labute approximate surface area is 178 Å². The first-order chi connectivity index (χ1) is 13.6. The number of benzene rings is 1. The van der Waals surface area contributed by atoms with Crippen molar-refractivity contribution in [1.82, 2.24) is 20.0 Å². The summed E-state index contributed by atoms with van der Waals surface area (Å²) in [6, 6.07) is 5.17. The SMILES string of the molecule is CNCCC1CCN(C(=O)c2nn(-c3ccc(C)cc3F)c3c2CCC3)CC1.Cl. The van der Waals surface area contributed by atoms with Crippen molar-refractivity contribution in [2.24, 2.45) is 5.92 Å². The number of likely N-dealkylation sites (tertiary alicyclic amines) is 1. The third-order valence-corrected chi connectivity index (χ3v) is 6.17. The van der Waals surface area contributed by atoms with Gasteiger partial charge in [-0.3, -0.25) is 4.79 Å². The second kappa shape index (κ2) is 9.26. The van der Waals surface area contributed by atoms with E-state index in [1.165, 1.54) is 6.07 Å². The van der Waals surface area contributed by atoms with Crippen molar-refractivity contribution in [3.63, 3.8) is 0 Å². The van der Waals surface area contributed by atoms with Crippen LogP contribution in [-0.4, -0.2) is 47.3 Å². The summed E-state index contributed by atoms with van der Waals surface area (Å²) in [6.07, 6.45) is 5.94. The van der Waals surface area contributed by atoms with Crippen molar-refractivity contribution < 1.29 is 9.18 Å². The van der Waals surface area contributed by atoms with Crippen LogP contribution >= 0.6 is 12.4 Å². The van der Waals surface area contributed by atoms with Gasteiger partial charge in [-0.1, -0.05) is 6.07 Å². The maximum Gasteiger partial charge on any atom is 0.274 e. The lowest BCUT2D eigenvalue weighted by Crippen LogP contribution is -2.39. The number of carbonyl (C=O) groups excluding carboxylic acids is 1. The first-order valence-corrected chi connectivity index (χ1v) is 10.4. The van der Waals surface area contributed by atoms with Gasteiger partial charge in [0.05, 0.1) is 0 Å². The number of nitrogens with zero attached hydrogens (tertiary/aromatic N) is 3. The lowest BCUT2D eigenvalue weighted by Gasteiger charge is -2.31. The molecular formula is C22H30ClFN4O. The van der Waals surface area contributed by atoms with Gasteiger partial charge in [-0.15, -0.1) is 12.4 Å². The molecule has 0 saturated carbocycles. The Morgan fingerprint density at radius 2 is 2.03 bits per heavy atom. The number of aryl methyl sites for hydroxylation is 1. The summed E-state index contributed by atoms with van der Waals surface area (Å²) in [4.78, 5) is 15.1. The van der Waals surface area contributed by atoms with Gasteiger partial charge >= 0.3 is 0 Å². The van der Waals surface area contributed by atoms with E-state index in [-0.39, 0.29) is 24.1 Å². The van der Waals surface area contributed by atoms with Gasteiger partial charge in [0.25, 0.3) is 5.91 Å². The van der Waals surface area contributed by atoms with Crippen LogP contribution in [0.5, 0.6) is 0 Å². The topological polar surface area (TPSA) is 50.2 Å². The molecule has 7 heteroatoms. The maximum absolute atomic E-state index is 14.6. The van der Waals surface area contributed by atoms with Crippen molar-refractivity contribution in [2.75, 3.05) is 26.7 Å². The highest BCUT2D eigenvalue weighted by atomic mass is 35.5. The van der Waals surface area contributed by atoms with E-state index in [2.05, 4.69) is 10.4 Å². The van der Waals surface area contributed by atoms with Crippen LogP contribution in [0, 0.1) is 18.7 Å². The molecule has 0 unspecified atom stereocenters. The standard InChI is InChI=1S/C22H29FN4O.ClH/c1-15-6-7-20(18(23)14-15)27-19-5-3-4-17(19)21(25-27)22(28)26-12-9-16(10-13-26)8-11-24-2;/h6-7,14,16,24H,3-5,8-13H2,1-2H3;1H. The lowest BCUT2D eigenvalue weighted by molar-refractivity contribution is 0.0679. The van der Waals surface area contributed by atoms with Crippen LogP contribution in [0.4, 0.5) is 4.39 Å². The molecule has 0 bridgehead atoms. The number of hydrogen-bond donors (Lipinski definition) is 1. The first kappa shape index (κ1) is 21.8. The van der Waals surface area contributed by atoms with Crippen molar-refractivity contribution >= 4 is 18.3 Å². The molecule has 1 aromatic heterocycles. The van der Waals surface area contributed by atoms with E-state index in [0.717, 1.165) is 75.0 Å². The minimum atomic E-state index is -0.290. The molecule has 1 amide bonds. The zero-order valence-electron chi connectivity index (χ0n) is 17.2. The smallest absolute Gasteiger partial charge is 0.274 e. The summed E-state index contributed by atoms with van der Waals surface area (Å²) in [7, 11) is 1.98. The molecule has 2 heterocycles. The van der Waals surface area contributed by atoms with Crippen molar-refractivity contribution in [2.45, 2.75) is 45.4 Å². The van der Waals surface area contributed by atoms with Gasteiger partial charge < -0.3 is 10.2 Å². The molecule has 158 valence electrons. The molecule has 1 saturated heterocycles. The summed E-state index contributed by atoms with van der Waals surface area (Å²) in [5.41, 5.74) is 3.86. The van der Waals surface area contributed by atoms with E-state index in [0.29, 0.717) is 17.3 Å². The summed E-state index contributed by atoms with van der Waals surface area (Å²) in [5.74, 6) is 0.402. The first-order valence-electron chi connectivity index (χ1n) is 10.4. The molecule has 0 radical (unpaired) electrons. The van der Waals surface area contributed by atoms with Crippen molar-refractivity contribution in [3.05, 3.63) is 46.5 Å². The molecule has 1 aliphatic carbocycles. The molecule has 4 rings (SSSR count). The molecule has 2 aromatic rings. The quantitative estimate of drug-likeness (QED) is 0.802. The van der Waals surface area contributed by atoms with E-state index >= 15 is 0 Å². The molecule has 2 aliphatic rings. The third-order valence-electron chi connectivity index (χ3n) is 6.17. The molecule has 29 heavy (non-hydrogen) atoms. The number of aromatic nitrogens is 2. The number of nitrogens with one attached hydrogen (secondary N) is 1. The fourth-order valence-electron chi connectivity index (χ4n) is 4.52. The average molecular weight is 421 g/mol. The molecule has 0 atom stereocenters. The second-order valence-corrected chi connectivity index (χ2v) is 8.12. The molecule has 1 aromatic carbocycles. The zero-order chi connectivity index (χ0) is 19.7. The second-order valence-electron chi connectivity index (χ2n) is 8.12. The van der Waals surface area contributed by atoms with Gasteiger partial charge in [0, 0.05) is 24.3 Å². The maximum atomic E-state index is 14.6. The zero-order valence-corrected chi connectivity index (χ0v) is 18.0. The number of fused-ring (bicyclic) bond motifs is 1. The average Bonchev–Trinajstić information content (AvgIpc) is 3.29. The predicted molar refractivity (Wildman–Crippen MR) is 115 cm³/mol. The van der Waals surface area contributed by atoms with E-state index in [1.54, 1.807) is 10.7 Å². The monoisotopic (exact) mass is 420 g/mol. The summed E-state index contributed by atoms with van der Waals surface area (Å²) >= 11 is 0. The molecular weight excluding hydrogens is 391 g/mol. The predicted octanol–water partition coefficient (Wildman–Crippen LogP) is 3.69. The Hall–Kier alpha value is -1.92. The highest BCUT2D eigenvalue weighted by Crippen LogP contribution is 2.30. The Morgan fingerprint density at radius 1 is 1.28 bits per heavy atom. The van der Waals surface area contributed by atoms with E-state index < -0.39 is 0 Å². The number of piperidine rings is 1. The molecule has 1 fully saturated rings. The highest BCUT2D eigenvalue weighted by Gasteiger charge is 2.31. The molecule has 5 nitrogen and oxygen atoms in total. The van der Waals surface area contributed by atoms with Crippen LogP contribution < -0.4 is 5.32 Å². The fraction of sp³-hybridized carbons (Fsp3) is 0.545. The van der Waals surface area contributed by atoms with Crippen LogP contribution in [-0.2, 0) is 12.8 Å². The van der Waals surface area contributed by atoms with Gasteiger partial charge in [0.15, 0.2) is 5.69 Å². The highest BCUT2D eigenvalue weighted by molar-refractivity contribution is 5.94. The van der Waals surface area contributed by atoms with E-state index in [1.807, 2.05) is 24.9 Å². The van der Waals surface area contributed by atoms with Crippen molar-refractivity contribution in [3.8, 4) is 5.69 Å². The van der Waals surface area contributed by atoms with Crippen LogP contribution in [0.3, 0.4) is 0 Å². The van der Waals surface area contributed by atoms with Gasteiger partial charge in [-0.05, 0) is 82.7 Å². The Kier molecular flexibility index (Phi) is 6.96. The lowest BCUT2D eigenvalue weighted by atomic mass is 9.93. The summed E-state index contributed by atoms with van der Waals surface area (Å²) in [5, 5.41) is 7.82. The molecule has 1 aliphatic heterocycles. The minimum Gasteiger partial charge on any atom is -0.337 e. The van der Waals surface area contributed by atoms with Gasteiger partial charge in [-0.2, -0.15) is 5.10 Å². The number of rotatable bonds is 5.